The van der Waals surface area contributed by atoms with Crippen molar-refractivity contribution in [3.63, 3.8) is 0 Å². The van der Waals surface area contributed by atoms with Gasteiger partial charge in [0.05, 0.1) is 14.2 Å². The Labute approximate surface area is 159 Å². The standard InChI is InChI=1S/C22H25NO4/c1-26-20-12-10-16(14-21(20)27-2)19(24)11-13-22(25)23-18-9-5-7-15-6-3-4-8-17(15)18/h5,7,9-10,12,14H,3-4,6,8,11,13H2,1-2H3,(H,23,25). The molecular weight excluding hydrogens is 342 g/mol. The van der Waals surface area contributed by atoms with Gasteiger partial charge in [0, 0.05) is 24.1 Å². The number of anilines is 1. The van der Waals surface area contributed by atoms with Crippen molar-refractivity contribution in [2.24, 2.45) is 0 Å². The van der Waals surface area contributed by atoms with Crippen LogP contribution >= 0.6 is 0 Å². The molecule has 142 valence electrons. The Morgan fingerprint density at radius 2 is 1.74 bits per heavy atom. The Kier molecular flexibility index (Phi) is 6.12. The van der Waals surface area contributed by atoms with E-state index in [4.69, 9.17) is 9.47 Å². The van der Waals surface area contributed by atoms with Crippen LogP contribution in [0.1, 0.15) is 47.2 Å². The summed E-state index contributed by atoms with van der Waals surface area (Å²) in [6, 6.07) is 11.1. The lowest BCUT2D eigenvalue weighted by Crippen LogP contribution is -2.16. The van der Waals surface area contributed by atoms with E-state index in [2.05, 4.69) is 11.4 Å². The van der Waals surface area contributed by atoms with E-state index in [-0.39, 0.29) is 24.5 Å². The van der Waals surface area contributed by atoms with Crippen LogP contribution in [0.3, 0.4) is 0 Å². The molecule has 5 heteroatoms. The van der Waals surface area contributed by atoms with Gasteiger partial charge in [0.1, 0.15) is 0 Å². The summed E-state index contributed by atoms with van der Waals surface area (Å²) in [6.45, 7) is 0. The topological polar surface area (TPSA) is 64.6 Å². The Bertz CT molecular complexity index is 844. The number of ether oxygens (including phenoxy) is 2. The van der Waals surface area contributed by atoms with Crippen LogP contribution in [-0.2, 0) is 17.6 Å². The third-order valence-electron chi connectivity index (χ3n) is 4.95. The average Bonchev–Trinajstić information content (AvgIpc) is 2.71. The summed E-state index contributed by atoms with van der Waals surface area (Å²) < 4.78 is 10.4. The van der Waals surface area contributed by atoms with Gasteiger partial charge >= 0.3 is 0 Å². The Morgan fingerprint density at radius 1 is 0.963 bits per heavy atom. The number of aryl methyl sites for hydroxylation is 1. The molecule has 27 heavy (non-hydrogen) atoms. The van der Waals surface area contributed by atoms with Crippen LogP contribution in [0.2, 0.25) is 0 Å². The van der Waals surface area contributed by atoms with Crippen molar-refractivity contribution >= 4 is 17.4 Å². The van der Waals surface area contributed by atoms with Crippen molar-refractivity contribution in [1.82, 2.24) is 0 Å². The first-order chi connectivity index (χ1) is 13.1. The van der Waals surface area contributed by atoms with E-state index in [1.54, 1.807) is 25.3 Å². The second-order valence-electron chi connectivity index (χ2n) is 6.69. The monoisotopic (exact) mass is 367 g/mol. The van der Waals surface area contributed by atoms with Crippen molar-refractivity contribution in [3.05, 3.63) is 53.1 Å². The van der Waals surface area contributed by atoms with Gasteiger partial charge in [0.15, 0.2) is 17.3 Å². The van der Waals surface area contributed by atoms with Crippen LogP contribution in [0.25, 0.3) is 0 Å². The molecule has 2 aromatic carbocycles. The highest BCUT2D eigenvalue weighted by molar-refractivity contribution is 6.00. The maximum atomic E-state index is 12.4. The molecule has 1 aliphatic rings. The van der Waals surface area contributed by atoms with Gasteiger partial charge in [-0.1, -0.05) is 12.1 Å². The van der Waals surface area contributed by atoms with Crippen molar-refractivity contribution < 1.29 is 19.1 Å². The molecule has 3 rings (SSSR count). The molecule has 1 amide bonds. The molecule has 0 heterocycles. The first-order valence-electron chi connectivity index (χ1n) is 9.28. The van der Waals surface area contributed by atoms with Gasteiger partial charge in [0.25, 0.3) is 0 Å². The van der Waals surface area contributed by atoms with E-state index in [0.717, 1.165) is 24.9 Å². The number of amides is 1. The number of hydrogen-bond donors (Lipinski definition) is 1. The number of rotatable bonds is 7. The fourth-order valence-electron chi connectivity index (χ4n) is 3.49. The molecular formula is C22H25NO4. The molecule has 1 aliphatic carbocycles. The highest BCUT2D eigenvalue weighted by Crippen LogP contribution is 2.29. The summed E-state index contributed by atoms with van der Waals surface area (Å²) in [5, 5.41) is 2.98. The zero-order chi connectivity index (χ0) is 19.2. The predicted molar refractivity (Wildman–Crippen MR) is 105 cm³/mol. The predicted octanol–water partition coefficient (Wildman–Crippen LogP) is 4.18. The largest absolute Gasteiger partial charge is 0.493 e. The van der Waals surface area contributed by atoms with Gasteiger partial charge in [-0.05, 0) is 61.1 Å². The van der Waals surface area contributed by atoms with Gasteiger partial charge < -0.3 is 14.8 Å². The Hall–Kier alpha value is -2.82. The van der Waals surface area contributed by atoms with Crippen molar-refractivity contribution in [3.8, 4) is 11.5 Å². The number of carbonyl (C=O) groups is 2. The van der Waals surface area contributed by atoms with Crippen LogP contribution in [-0.4, -0.2) is 25.9 Å². The van der Waals surface area contributed by atoms with Crippen molar-refractivity contribution in [2.75, 3.05) is 19.5 Å². The van der Waals surface area contributed by atoms with E-state index >= 15 is 0 Å². The molecule has 0 saturated heterocycles. The normalized spacial score (nSPS) is 12.8. The number of hydrogen-bond acceptors (Lipinski definition) is 4. The molecule has 1 N–H and O–H groups in total. The molecule has 0 radical (unpaired) electrons. The Balaban J connectivity index is 1.60. The zero-order valence-electron chi connectivity index (χ0n) is 15.8. The van der Waals surface area contributed by atoms with Crippen LogP contribution < -0.4 is 14.8 Å². The fourth-order valence-corrected chi connectivity index (χ4v) is 3.49. The van der Waals surface area contributed by atoms with Gasteiger partial charge in [-0.3, -0.25) is 9.59 Å². The van der Waals surface area contributed by atoms with E-state index in [1.807, 2.05) is 12.1 Å². The minimum Gasteiger partial charge on any atom is -0.493 e. The number of Topliss-reactive ketones (excluding diaryl/α,β-unsaturated/α-hetero) is 1. The average molecular weight is 367 g/mol. The first kappa shape index (κ1) is 19.0. The van der Waals surface area contributed by atoms with E-state index in [9.17, 15) is 9.59 Å². The molecule has 0 aromatic heterocycles. The summed E-state index contributed by atoms with van der Waals surface area (Å²) in [4.78, 5) is 24.8. The van der Waals surface area contributed by atoms with Crippen LogP contribution in [0, 0.1) is 0 Å². The Morgan fingerprint density at radius 3 is 2.52 bits per heavy atom. The zero-order valence-corrected chi connectivity index (χ0v) is 15.8. The molecule has 0 bridgehead atoms. The van der Waals surface area contributed by atoms with Gasteiger partial charge in [-0.2, -0.15) is 0 Å². The summed E-state index contributed by atoms with van der Waals surface area (Å²) >= 11 is 0. The molecule has 0 spiro atoms. The smallest absolute Gasteiger partial charge is 0.224 e. The minimum atomic E-state index is -0.136. The quantitative estimate of drug-likeness (QED) is 0.746. The van der Waals surface area contributed by atoms with E-state index < -0.39 is 0 Å². The fraction of sp³-hybridized carbons (Fsp3) is 0.364. The second-order valence-corrected chi connectivity index (χ2v) is 6.69. The highest BCUT2D eigenvalue weighted by atomic mass is 16.5. The lowest BCUT2D eigenvalue weighted by Gasteiger charge is -2.19. The molecule has 0 atom stereocenters. The number of benzene rings is 2. The third kappa shape index (κ3) is 4.48. The van der Waals surface area contributed by atoms with Crippen LogP contribution in [0.15, 0.2) is 36.4 Å². The third-order valence-corrected chi connectivity index (χ3v) is 4.95. The molecule has 5 nitrogen and oxygen atoms in total. The molecule has 0 unspecified atom stereocenters. The van der Waals surface area contributed by atoms with E-state index in [1.165, 1.54) is 24.7 Å². The summed E-state index contributed by atoms with van der Waals surface area (Å²) in [6.07, 6.45) is 4.71. The first-order valence-corrected chi connectivity index (χ1v) is 9.28. The van der Waals surface area contributed by atoms with Crippen molar-refractivity contribution in [2.45, 2.75) is 38.5 Å². The summed E-state index contributed by atoms with van der Waals surface area (Å²) in [5.74, 6) is 0.841. The van der Waals surface area contributed by atoms with Gasteiger partial charge in [-0.15, -0.1) is 0 Å². The molecule has 0 aliphatic heterocycles. The number of ketones is 1. The molecule has 2 aromatic rings. The number of carbonyl (C=O) groups excluding carboxylic acids is 2. The molecule has 0 saturated carbocycles. The van der Waals surface area contributed by atoms with Gasteiger partial charge in [0.2, 0.25) is 5.91 Å². The number of nitrogens with one attached hydrogen (secondary N) is 1. The summed E-state index contributed by atoms with van der Waals surface area (Å²) in [5.41, 5.74) is 3.96. The van der Waals surface area contributed by atoms with E-state index in [0.29, 0.717) is 17.1 Å². The minimum absolute atomic E-state index is 0.0961. The number of methoxy groups -OCH3 is 2. The van der Waals surface area contributed by atoms with Crippen molar-refractivity contribution in [1.29, 1.82) is 0 Å². The highest BCUT2D eigenvalue weighted by Gasteiger charge is 2.16. The SMILES string of the molecule is COc1ccc(C(=O)CCC(=O)Nc2cccc3c2CCCC3)cc1OC. The van der Waals surface area contributed by atoms with Gasteiger partial charge in [-0.25, -0.2) is 0 Å². The lowest BCUT2D eigenvalue weighted by molar-refractivity contribution is -0.116. The number of fused-ring (bicyclic) bond motifs is 1. The van der Waals surface area contributed by atoms with Crippen LogP contribution in [0.5, 0.6) is 11.5 Å². The molecule has 0 fully saturated rings. The summed E-state index contributed by atoms with van der Waals surface area (Å²) in [7, 11) is 3.08. The van der Waals surface area contributed by atoms with Crippen LogP contribution in [0.4, 0.5) is 5.69 Å². The maximum Gasteiger partial charge on any atom is 0.224 e. The lowest BCUT2D eigenvalue weighted by atomic mass is 9.90. The maximum absolute atomic E-state index is 12.4. The second kappa shape index (κ2) is 8.71.